The third kappa shape index (κ3) is 3.27. The number of ketones is 1. The largest absolute Gasteiger partial charge is 0.479 e. The lowest BCUT2D eigenvalue weighted by Gasteiger charge is -2.33. The number of ether oxygens (including phenoxy) is 1. The number of benzene rings is 1. The normalized spacial score (nSPS) is 20.5. The van der Waals surface area contributed by atoms with Crippen molar-refractivity contribution in [1.29, 1.82) is 0 Å². The lowest BCUT2D eigenvalue weighted by molar-refractivity contribution is -0.128. The highest BCUT2D eigenvalue weighted by molar-refractivity contribution is 6.05. The van der Waals surface area contributed by atoms with Gasteiger partial charge in [-0.3, -0.25) is 19.3 Å². The van der Waals surface area contributed by atoms with Gasteiger partial charge in [0.25, 0.3) is 5.91 Å². The third-order valence-electron chi connectivity index (χ3n) is 4.60. The Morgan fingerprint density at radius 1 is 1.29 bits per heavy atom. The molecular formula is C18H22N2O4. The molecule has 1 aromatic rings. The van der Waals surface area contributed by atoms with Crippen LogP contribution in [0.25, 0.3) is 0 Å². The Labute approximate surface area is 141 Å². The molecule has 6 nitrogen and oxygen atoms in total. The molecule has 0 saturated heterocycles. The Morgan fingerprint density at radius 2 is 2.00 bits per heavy atom. The van der Waals surface area contributed by atoms with Crippen molar-refractivity contribution < 1.29 is 19.1 Å². The number of anilines is 1. The summed E-state index contributed by atoms with van der Waals surface area (Å²) in [5.74, 6) is -0.0340. The average Bonchev–Trinajstić information content (AvgIpc) is 3.04. The molecule has 0 spiro atoms. The van der Waals surface area contributed by atoms with Crippen LogP contribution in [0.5, 0.6) is 5.75 Å². The van der Waals surface area contributed by atoms with Crippen LogP contribution < -0.4 is 15.0 Å². The zero-order valence-electron chi connectivity index (χ0n) is 14.0. The molecule has 1 aromatic carbocycles. The Kier molecular flexibility index (Phi) is 4.55. The number of hydrogen-bond donors (Lipinski definition) is 1. The van der Waals surface area contributed by atoms with E-state index in [1.54, 1.807) is 25.1 Å². The minimum absolute atomic E-state index is 0.0581. The second kappa shape index (κ2) is 6.63. The lowest BCUT2D eigenvalue weighted by Crippen LogP contribution is -2.50. The molecule has 1 aliphatic heterocycles. The van der Waals surface area contributed by atoms with E-state index in [9.17, 15) is 14.4 Å². The van der Waals surface area contributed by atoms with Gasteiger partial charge in [-0.15, -0.1) is 0 Å². The number of rotatable bonds is 4. The predicted octanol–water partition coefficient (Wildman–Crippen LogP) is 2.06. The molecule has 2 amide bonds. The number of nitrogens with one attached hydrogen (secondary N) is 1. The van der Waals surface area contributed by atoms with Crippen LogP contribution >= 0.6 is 0 Å². The van der Waals surface area contributed by atoms with Crippen LogP contribution in [0.15, 0.2) is 18.2 Å². The molecule has 1 aliphatic carbocycles. The molecule has 0 aromatic heterocycles. The van der Waals surface area contributed by atoms with Crippen molar-refractivity contribution in [3.05, 3.63) is 23.8 Å². The SMILES string of the molecule is CC(=O)c1ccc2c(c1)N(CC(=O)NC1CCCC1)C(=O)[C@@H](C)O2. The summed E-state index contributed by atoms with van der Waals surface area (Å²) in [6, 6.07) is 5.16. The number of carbonyl (C=O) groups is 3. The van der Waals surface area contributed by atoms with Crippen molar-refractivity contribution in [2.75, 3.05) is 11.4 Å². The van der Waals surface area contributed by atoms with Crippen LogP contribution in [0.1, 0.15) is 49.9 Å². The minimum Gasteiger partial charge on any atom is -0.479 e. The van der Waals surface area contributed by atoms with E-state index in [-0.39, 0.29) is 30.2 Å². The lowest BCUT2D eigenvalue weighted by atomic mass is 10.1. The molecule has 1 heterocycles. The van der Waals surface area contributed by atoms with Gasteiger partial charge in [0.2, 0.25) is 5.91 Å². The number of nitrogens with zero attached hydrogens (tertiary/aromatic N) is 1. The number of hydrogen-bond acceptors (Lipinski definition) is 4. The second-order valence-corrected chi connectivity index (χ2v) is 6.47. The fourth-order valence-electron chi connectivity index (χ4n) is 3.28. The summed E-state index contributed by atoms with van der Waals surface area (Å²) in [6.07, 6.45) is 3.58. The third-order valence-corrected chi connectivity index (χ3v) is 4.60. The summed E-state index contributed by atoms with van der Waals surface area (Å²) in [6.45, 7) is 3.07. The molecule has 1 saturated carbocycles. The van der Waals surface area contributed by atoms with Gasteiger partial charge in [-0.2, -0.15) is 0 Å². The second-order valence-electron chi connectivity index (χ2n) is 6.47. The highest BCUT2D eigenvalue weighted by Crippen LogP contribution is 2.35. The van der Waals surface area contributed by atoms with Gasteiger partial charge in [0, 0.05) is 11.6 Å². The van der Waals surface area contributed by atoms with E-state index in [2.05, 4.69) is 5.32 Å². The van der Waals surface area contributed by atoms with Crippen LogP contribution in [0.2, 0.25) is 0 Å². The topological polar surface area (TPSA) is 75.7 Å². The Balaban J connectivity index is 1.83. The van der Waals surface area contributed by atoms with Gasteiger partial charge in [-0.1, -0.05) is 12.8 Å². The molecule has 0 unspecified atom stereocenters. The zero-order valence-corrected chi connectivity index (χ0v) is 14.0. The van der Waals surface area contributed by atoms with Gasteiger partial charge in [-0.25, -0.2) is 0 Å². The fourth-order valence-corrected chi connectivity index (χ4v) is 3.28. The van der Waals surface area contributed by atoms with Crippen molar-refractivity contribution in [2.45, 2.75) is 51.7 Å². The molecule has 1 N–H and O–H groups in total. The van der Waals surface area contributed by atoms with Crippen LogP contribution in [0.4, 0.5) is 5.69 Å². The van der Waals surface area contributed by atoms with E-state index in [1.807, 2.05) is 0 Å². The summed E-state index contributed by atoms with van der Waals surface area (Å²) in [4.78, 5) is 37.8. The first-order valence-electron chi connectivity index (χ1n) is 8.38. The Bertz CT molecular complexity index is 680. The van der Waals surface area contributed by atoms with Gasteiger partial charge in [0.15, 0.2) is 11.9 Å². The van der Waals surface area contributed by atoms with Gasteiger partial charge in [0.1, 0.15) is 12.3 Å². The molecule has 2 aliphatic rings. The van der Waals surface area contributed by atoms with Crippen LogP contribution in [-0.2, 0) is 9.59 Å². The maximum atomic E-state index is 12.5. The van der Waals surface area contributed by atoms with E-state index in [0.29, 0.717) is 17.0 Å². The number of amides is 2. The first-order chi connectivity index (χ1) is 11.5. The summed E-state index contributed by atoms with van der Waals surface area (Å²) in [5.41, 5.74) is 0.966. The van der Waals surface area contributed by atoms with E-state index in [0.717, 1.165) is 25.7 Å². The molecule has 3 rings (SSSR count). The van der Waals surface area contributed by atoms with Gasteiger partial charge >= 0.3 is 0 Å². The van der Waals surface area contributed by atoms with Crippen molar-refractivity contribution in [3.63, 3.8) is 0 Å². The first kappa shape index (κ1) is 16.5. The molecule has 0 bridgehead atoms. The van der Waals surface area contributed by atoms with Crippen LogP contribution in [0.3, 0.4) is 0 Å². The van der Waals surface area contributed by atoms with E-state index in [4.69, 9.17) is 4.74 Å². The number of fused-ring (bicyclic) bond motifs is 1. The van der Waals surface area contributed by atoms with Gasteiger partial charge in [-0.05, 0) is 44.9 Å². The van der Waals surface area contributed by atoms with E-state index in [1.165, 1.54) is 11.8 Å². The summed E-state index contributed by atoms with van der Waals surface area (Å²) in [5, 5.41) is 2.99. The monoisotopic (exact) mass is 330 g/mol. The van der Waals surface area contributed by atoms with Crippen molar-refractivity contribution in [3.8, 4) is 5.75 Å². The summed E-state index contributed by atoms with van der Waals surface area (Å²) in [7, 11) is 0. The summed E-state index contributed by atoms with van der Waals surface area (Å²) < 4.78 is 5.59. The van der Waals surface area contributed by atoms with Gasteiger partial charge < -0.3 is 10.1 Å². The zero-order chi connectivity index (χ0) is 17.3. The van der Waals surface area contributed by atoms with Crippen molar-refractivity contribution >= 4 is 23.3 Å². The van der Waals surface area contributed by atoms with E-state index >= 15 is 0 Å². The maximum absolute atomic E-state index is 12.5. The summed E-state index contributed by atoms with van der Waals surface area (Å²) >= 11 is 0. The Hall–Kier alpha value is -2.37. The van der Waals surface area contributed by atoms with Gasteiger partial charge in [0.05, 0.1) is 5.69 Å². The Morgan fingerprint density at radius 3 is 2.67 bits per heavy atom. The molecule has 24 heavy (non-hydrogen) atoms. The maximum Gasteiger partial charge on any atom is 0.268 e. The molecule has 0 radical (unpaired) electrons. The molecule has 6 heteroatoms. The number of Topliss-reactive ketones (excluding diaryl/α,β-unsaturated/α-hetero) is 1. The van der Waals surface area contributed by atoms with E-state index < -0.39 is 6.10 Å². The molecule has 1 fully saturated rings. The van der Waals surface area contributed by atoms with Crippen LogP contribution in [0, 0.1) is 0 Å². The highest BCUT2D eigenvalue weighted by Gasteiger charge is 2.33. The van der Waals surface area contributed by atoms with Crippen molar-refractivity contribution in [1.82, 2.24) is 5.32 Å². The predicted molar refractivity (Wildman–Crippen MR) is 89.3 cm³/mol. The minimum atomic E-state index is -0.653. The highest BCUT2D eigenvalue weighted by atomic mass is 16.5. The standard InChI is InChI=1S/C18H22N2O4/c1-11(21)13-7-8-16-15(9-13)20(18(23)12(2)24-16)10-17(22)19-14-5-3-4-6-14/h7-9,12,14H,3-6,10H2,1-2H3,(H,19,22)/t12-/m1/s1. The molecule has 1 atom stereocenters. The fraction of sp³-hybridized carbons (Fsp3) is 0.500. The number of carbonyl (C=O) groups excluding carboxylic acids is 3. The first-order valence-corrected chi connectivity index (χ1v) is 8.38. The molecular weight excluding hydrogens is 308 g/mol. The molecule has 128 valence electrons. The quantitative estimate of drug-likeness (QED) is 0.858. The smallest absolute Gasteiger partial charge is 0.268 e. The average molecular weight is 330 g/mol. The van der Waals surface area contributed by atoms with Crippen molar-refractivity contribution in [2.24, 2.45) is 0 Å². The van der Waals surface area contributed by atoms with Crippen LogP contribution in [-0.4, -0.2) is 36.3 Å².